The number of rotatable bonds is 1. The van der Waals surface area contributed by atoms with Gasteiger partial charge in [-0.15, -0.1) is 0 Å². The van der Waals surface area contributed by atoms with E-state index >= 15 is 0 Å². The van der Waals surface area contributed by atoms with Crippen molar-refractivity contribution in [2.24, 2.45) is 7.05 Å². The zero-order chi connectivity index (χ0) is 11.0. The number of hydrogen-bond donors (Lipinski definition) is 1. The monoisotopic (exact) mass is 329 g/mol. The Bertz CT molecular complexity index is 488. The van der Waals surface area contributed by atoms with Gasteiger partial charge in [0.15, 0.2) is 0 Å². The van der Waals surface area contributed by atoms with Crippen LogP contribution in [0.1, 0.15) is 0 Å². The zero-order valence-electron chi connectivity index (χ0n) is 8.04. The van der Waals surface area contributed by atoms with E-state index in [0.29, 0.717) is 5.95 Å². The van der Waals surface area contributed by atoms with E-state index in [9.17, 15) is 0 Å². The summed E-state index contributed by atoms with van der Waals surface area (Å²) in [6.45, 7) is 0. The van der Waals surface area contributed by atoms with Gasteiger partial charge in [-0.05, 0) is 28.1 Å². The standard InChI is InChI=1S/C10H9Br2N3/c1-15-8(9(12)14-10(15)13)6-2-4-7(11)5-3-6/h2-5H,1H3,(H2,13,14). The van der Waals surface area contributed by atoms with Gasteiger partial charge in [-0.3, -0.25) is 0 Å². The van der Waals surface area contributed by atoms with Crippen molar-refractivity contribution in [2.75, 3.05) is 5.73 Å². The number of nitrogen functional groups attached to an aromatic ring is 1. The molecule has 78 valence electrons. The van der Waals surface area contributed by atoms with Gasteiger partial charge in [0.1, 0.15) is 4.60 Å². The topological polar surface area (TPSA) is 43.8 Å². The second-order valence-electron chi connectivity index (χ2n) is 3.18. The van der Waals surface area contributed by atoms with Gasteiger partial charge in [0.25, 0.3) is 0 Å². The van der Waals surface area contributed by atoms with Crippen molar-refractivity contribution in [1.29, 1.82) is 0 Å². The first-order valence-corrected chi connectivity index (χ1v) is 5.92. The number of imidazole rings is 1. The maximum atomic E-state index is 5.72. The molecule has 0 aliphatic carbocycles. The van der Waals surface area contributed by atoms with E-state index in [1.807, 2.05) is 35.9 Å². The second kappa shape index (κ2) is 3.98. The predicted molar refractivity (Wildman–Crippen MR) is 68.5 cm³/mol. The summed E-state index contributed by atoms with van der Waals surface area (Å²) in [6.07, 6.45) is 0. The average Bonchev–Trinajstić information content (AvgIpc) is 2.44. The van der Waals surface area contributed by atoms with Gasteiger partial charge in [-0.2, -0.15) is 0 Å². The summed E-state index contributed by atoms with van der Waals surface area (Å²) in [5.74, 6) is 0.500. The molecular weight excluding hydrogens is 322 g/mol. The lowest BCUT2D eigenvalue weighted by Crippen LogP contribution is -1.98. The van der Waals surface area contributed by atoms with E-state index in [1.165, 1.54) is 0 Å². The Morgan fingerprint density at radius 1 is 1.20 bits per heavy atom. The third-order valence-corrected chi connectivity index (χ3v) is 3.29. The van der Waals surface area contributed by atoms with E-state index in [-0.39, 0.29) is 0 Å². The lowest BCUT2D eigenvalue weighted by atomic mass is 10.2. The predicted octanol–water partition coefficient (Wildman–Crippen LogP) is 3.19. The van der Waals surface area contributed by atoms with Gasteiger partial charge in [-0.25, -0.2) is 4.98 Å². The van der Waals surface area contributed by atoms with Crippen molar-refractivity contribution >= 4 is 37.8 Å². The molecule has 0 bridgehead atoms. The minimum absolute atomic E-state index is 0.500. The number of halogens is 2. The molecule has 0 amide bonds. The van der Waals surface area contributed by atoms with Crippen molar-refractivity contribution < 1.29 is 0 Å². The van der Waals surface area contributed by atoms with E-state index in [4.69, 9.17) is 5.73 Å². The first kappa shape index (κ1) is 10.7. The van der Waals surface area contributed by atoms with E-state index in [1.54, 1.807) is 0 Å². The lowest BCUT2D eigenvalue weighted by molar-refractivity contribution is 0.938. The van der Waals surface area contributed by atoms with E-state index in [0.717, 1.165) is 20.3 Å². The van der Waals surface area contributed by atoms with Gasteiger partial charge in [-0.1, -0.05) is 28.1 Å². The largest absolute Gasteiger partial charge is 0.369 e. The summed E-state index contributed by atoms with van der Waals surface area (Å²) < 4.78 is 3.68. The molecule has 0 saturated heterocycles. The smallest absolute Gasteiger partial charge is 0.201 e. The van der Waals surface area contributed by atoms with Crippen LogP contribution in [0.5, 0.6) is 0 Å². The van der Waals surface area contributed by atoms with Crippen LogP contribution in [0.3, 0.4) is 0 Å². The minimum Gasteiger partial charge on any atom is -0.369 e. The molecule has 3 nitrogen and oxygen atoms in total. The van der Waals surface area contributed by atoms with Crippen molar-refractivity contribution in [3.8, 4) is 11.3 Å². The molecule has 0 atom stereocenters. The van der Waals surface area contributed by atoms with Crippen molar-refractivity contribution in [1.82, 2.24) is 9.55 Å². The maximum Gasteiger partial charge on any atom is 0.201 e. The summed E-state index contributed by atoms with van der Waals surface area (Å²) in [5, 5.41) is 0. The Kier molecular flexibility index (Phi) is 2.84. The van der Waals surface area contributed by atoms with Crippen LogP contribution in [0.2, 0.25) is 0 Å². The molecule has 0 aliphatic heterocycles. The molecule has 0 saturated carbocycles. The molecule has 15 heavy (non-hydrogen) atoms. The Hall–Kier alpha value is -0.810. The highest BCUT2D eigenvalue weighted by Gasteiger charge is 2.11. The van der Waals surface area contributed by atoms with Crippen LogP contribution in [0.25, 0.3) is 11.3 Å². The SMILES string of the molecule is Cn1c(N)nc(Br)c1-c1ccc(Br)cc1. The van der Waals surface area contributed by atoms with Crippen LogP contribution in [0, 0.1) is 0 Å². The first-order valence-electron chi connectivity index (χ1n) is 4.33. The van der Waals surface area contributed by atoms with Crippen LogP contribution < -0.4 is 5.73 Å². The van der Waals surface area contributed by atoms with Gasteiger partial charge in [0, 0.05) is 17.1 Å². The third-order valence-electron chi connectivity index (χ3n) is 2.20. The highest BCUT2D eigenvalue weighted by atomic mass is 79.9. The van der Waals surface area contributed by atoms with Crippen LogP contribution in [0.4, 0.5) is 5.95 Å². The second-order valence-corrected chi connectivity index (χ2v) is 4.84. The van der Waals surface area contributed by atoms with Crippen molar-refractivity contribution in [2.45, 2.75) is 0 Å². The molecular formula is C10H9Br2N3. The molecule has 5 heteroatoms. The number of aromatic nitrogens is 2. The van der Waals surface area contributed by atoms with Crippen LogP contribution in [0.15, 0.2) is 33.3 Å². The summed E-state index contributed by atoms with van der Waals surface area (Å²) in [5.41, 5.74) is 7.79. The number of hydrogen-bond acceptors (Lipinski definition) is 2. The minimum atomic E-state index is 0.500. The van der Waals surface area contributed by atoms with E-state index in [2.05, 4.69) is 36.8 Å². The zero-order valence-corrected chi connectivity index (χ0v) is 11.2. The fourth-order valence-electron chi connectivity index (χ4n) is 1.40. The molecule has 0 spiro atoms. The third kappa shape index (κ3) is 1.94. The molecule has 0 radical (unpaired) electrons. The highest BCUT2D eigenvalue weighted by Crippen LogP contribution is 2.29. The maximum absolute atomic E-state index is 5.72. The summed E-state index contributed by atoms with van der Waals surface area (Å²) in [6, 6.07) is 8.02. The summed E-state index contributed by atoms with van der Waals surface area (Å²) in [4.78, 5) is 4.16. The quantitative estimate of drug-likeness (QED) is 0.872. The van der Waals surface area contributed by atoms with Crippen molar-refractivity contribution in [3.05, 3.63) is 33.3 Å². The number of nitrogens with two attached hydrogens (primary N) is 1. The Morgan fingerprint density at radius 3 is 2.27 bits per heavy atom. The Morgan fingerprint density at radius 2 is 1.80 bits per heavy atom. The van der Waals surface area contributed by atoms with Crippen LogP contribution in [-0.2, 0) is 7.05 Å². The fourth-order valence-corrected chi connectivity index (χ4v) is 2.34. The van der Waals surface area contributed by atoms with Gasteiger partial charge in [0.05, 0.1) is 5.69 Å². The summed E-state index contributed by atoms with van der Waals surface area (Å²) in [7, 11) is 1.89. The van der Waals surface area contributed by atoms with Gasteiger partial charge in [0.2, 0.25) is 5.95 Å². The molecule has 1 aromatic carbocycles. The number of benzene rings is 1. The normalized spacial score (nSPS) is 10.6. The van der Waals surface area contributed by atoms with Gasteiger partial charge < -0.3 is 10.3 Å². The molecule has 0 aliphatic rings. The Balaban J connectivity index is 2.58. The molecule has 2 N–H and O–H groups in total. The Labute approximate surface area is 105 Å². The molecule has 2 aromatic rings. The molecule has 0 fully saturated rings. The first-order chi connectivity index (χ1) is 7.09. The average molecular weight is 331 g/mol. The molecule has 0 unspecified atom stereocenters. The van der Waals surface area contributed by atoms with Crippen molar-refractivity contribution in [3.63, 3.8) is 0 Å². The fraction of sp³-hybridized carbons (Fsp3) is 0.100. The molecule has 1 heterocycles. The van der Waals surface area contributed by atoms with Crippen LogP contribution >= 0.6 is 31.9 Å². The van der Waals surface area contributed by atoms with E-state index < -0.39 is 0 Å². The number of anilines is 1. The highest BCUT2D eigenvalue weighted by molar-refractivity contribution is 9.10. The summed E-state index contributed by atoms with van der Waals surface area (Å²) >= 11 is 6.80. The number of nitrogens with zero attached hydrogens (tertiary/aromatic N) is 2. The lowest BCUT2D eigenvalue weighted by Gasteiger charge is -2.04. The van der Waals surface area contributed by atoms with Crippen LogP contribution in [-0.4, -0.2) is 9.55 Å². The molecule has 1 aromatic heterocycles. The molecule has 2 rings (SSSR count). The van der Waals surface area contributed by atoms with Gasteiger partial charge >= 0.3 is 0 Å².